The largest absolute Gasteiger partial charge is 0.318 e. The van der Waals surface area contributed by atoms with Crippen molar-refractivity contribution in [3.05, 3.63) is 0 Å². The highest BCUT2D eigenvalue weighted by Gasteiger charge is 2.37. The van der Waals surface area contributed by atoms with E-state index >= 15 is 0 Å². The molecule has 2 rings (SSSR count). The van der Waals surface area contributed by atoms with E-state index in [1.54, 1.807) is 0 Å². The lowest BCUT2D eigenvalue weighted by molar-refractivity contribution is 0.236. The first kappa shape index (κ1) is 9.47. The highest BCUT2D eigenvalue weighted by atomic mass is 15.2. The fourth-order valence-corrected chi connectivity index (χ4v) is 3.06. The van der Waals surface area contributed by atoms with Gasteiger partial charge < -0.3 is 5.32 Å². The van der Waals surface area contributed by atoms with Gasteiger partial charge in [0.25, 0.3) is 0 Å². The highest BCUT2D eigenvalue weighted by molar-refractivity contribution is 4.90. The van der Waals surface area contributed by atoms with Crippen LogP contribution < -0.4 is 5.32 Å². The maximum absolute atomic E-state index is 3.27. The van der Waals surface area contributed by atoms with Gasteiger partial charge >= 0.3 is 0 Å². The Kier molecular flexibility index (Phi) is 2.89. The van der Waals surface area contributed by atoms with E-state index in [4.69, 9.17) is 0 Å². The zero-order valence-corrected chi connectivity index (χ0v) is 8.92. The summed E-state index contributed by atoms with van der Waals surface area (Å²) < 4.78 is 0. The van der Waals surface area contributed by atoms with Crippen LogP contribution >= 0.6 is 0 Å². The van der Waals surface area contributed by atoms with E-state index < -0.39 is 0 Å². The molecule has 0 aromatic rings. The van der Waals surface area contributed by atoms with Crippen molar-refractivity contribution in [1.29, 1.82) is 0 Å². The quantitative estimate of drug-likeness (QED) is 0.708. The maximum Gasteiger partial charge on any atom is 0.0192 e. The molecule has 0 aromatic heterocycles. The Morgan fingerprint density at radius 3 is 2.46 bits per heavy atom. The SMILES string of the molecule is CNCC(C)N1CC2CCCC2C1. The number of likely N-dealkylation sites (N-methyl/N-ethyl adjacent to an activating group) is 1. The minimum atomic E-state index is 0.732. The molecule has 2 heteroatoms. The standard InChI is InChI=1S/C11H22N2/c1-9(6-12-2)13-7-10-4-3-5-11(10)8-13/h9-12H,3-8H2,1-2H3. The first-order chi connectivity index (χ1) is 6.31. The molecule has 0 spiro atoms. The number of hydrogen-bond acceptors (Lipinski definition) is 2. The molecule has 0 aromatic carbocycles. The zero-order chi connectivity index (χ0) is 9.26. The summed E-state index contributed by atoms with van der Waals surface area (Å²) in [5.74, 6) is 2.08. The van der Waals surface area contributed by atoms with Crippen molar-refractivity contribution in [2.24, 2.45) is 11.8 Å². The molecular formula is C11H22N2. The number of fused-ring (bicyclic) bond motifs is 1. The second-order valence-corrected chi connectivity index (χ2v) is 4.81. The summed E-state index contributed by atoms with van der Waals surface area (Å²) in [7, 11) is 2.05. The van der Waals surface area contributed by atoms with Crippen LogP contribution in [0.25, 0.3) is 0 Å². The fourth-order valence-electron chi connectivity index (χ4n) is 3.06. The lowest BCUT2D eigenvalue weighted by Crippen LogP contribution is -2.38. The van der Waals surface area contributed by atoms with Gasteiger partial charge in [-0.2, -0.15) is 0 Å². The Balaban J connectivity index is 1.84. The summed E-state index contributed by atoms with van der Waals surface area (Å²) in [6.45, 7) is 6.22. The lowest BCUT2D eigenvalue weighted by atomic mass is 10.0. The van der Waals surface area contributed by atoms with Gasteiger partial charge in [0.2, 0.25) is 0 Å². The van der Waals surface area contributed by atoms with Crippen LogP contribution in [0.3, 0.4) is 0 Å². The molecule has 13 heavy (non-hydrogen) atoms. The van der Waals surface area contributed by atoms with Gasteiger partial charge in [-0.1, -0.05) is 6.42 Å². The second-order valence-electron chi connectivity index (χ2n) is 4.81. The molecule has 1 heterocycles. The minimum Gasteiger partial charge on any atom is -0.318 e. The third-order valence-corrected chi connectivity index (χ3v) is 3.88. The predicted molar refractivity (Wildman–Crippen MR) is 55.8 cm³/mol. The van der Waals surface area contributed by atoms with E-state index in [2.05, 4.69) is 17.1 Å². The van der Waals surface area contributed by atoms with E-state index in [-0.39, 0.29) is 0 Å². The molecule has 0 bridgehead atoms. The Morgan fingerprint density at radius 2 is 1.92 bits per heavy atom. The van der Waals surface area contributed by atoms with Gasteiger partial charge in [-0.05, 0) is 38.6 Å². The molecule has 1 N–H and O–H groups in total. The summed E-state index contributed by atoms with van der Waals surface area (Å²) in [6, 6.07) is 0.732. The van der Waals surface area contributed by atoms with Crippen LogP contribution in [-0.2, 0) is 0 Å². The molecular weight excluding hydrogens is 160 g/mol. The van der Waals surface area contributed by atoms with Crippen molar-refractivity contribution in [2.45, 2.75) is 32.2 Å². The van der Waals surface area contributed by atoms with Crippen LogP contribution in [0.15, 0.2) is 0 Å². The number of rotatable bonds is 3. The Hall–Kier alpha value is -0.0800. The van der Waals surface area contributed by atoms with E-state index in [1.807, 2.05) is 7.05 Å². The first-order valence-corrected chi connectivity index (χ1v) is 5.70. The molecule has 2 aliphatic rings. The predicted octanol–water partition coefficient (Wildman–Crippen LogP) is 1.33. The summed E-state index contributed by atoms with van der Waals surface area (Å²) in [5, 5.41) is 3.27. The van der Waals surface area contributed by atoms with Crippen molar-refractivity contribution in [3.63, 3.8) is 0 Å². The Morgan fingerprint density at radius 1 is 1.31 bits per heavy atom. The summed E-state index contributed by atoms with van der Waals surface area (Å²) in [4.78, 5) is 2.67. The van der Waals surface area contributed by atoms with Crippen molar-refractivity contribution < 1.29 is 0 Å². The van der Waals surface area contributed by atoms with E-state index in [1.165, 1.54) is 32.4 Å². The second kappa shape index (κ2) is 3.97. The monoisotopic (exact) mass is 182 g/mol. The minimum absolute atomic E-state index is 0.732. The number of likely N-dealkylation sites (tertiary alicyclic amines) is 1. The van der Waals surface area contributed by atoms with Crippen LogP contribution in [0.2, 0.25) is 0 Å². The van der Waals surface area contributed by atoms with Crippen LogP contribution in [0, 0.1) is 11.8 Å². The third-order valence-electron chi connectivity index (χ3n) is 3.88. The van der Waals surface area contributed by atoms with Crippen LogP contribution in [0.4, 0.5) is 0 Å². The zero-order valence-electron chi connectivity index (χ0n) is 8.92. The lowest BCUT2D eigenvalue weighted by Gasteiger charge is -2.24. The summed E-state index contributed by atoms with van der Waals surface area (Å²) >= 11 is 0. The number of nitrogens with one attached hydrogen (secondary N) is 1. The van der Waals surface area contributed by atoms with Crippen LogP contribution in [0.5, 0.6) is 0 Å². The third kappa shape index (κ3) is 1.89. The van der Waals surface area contributed by atoms with E-state index in [0.717, 1.165) is 24.4 Å². The summed E-state index contributed by atoms with van der Waals surface area (Å²) in [5.41, 5.74) is 0. The van der Waals surface area contributed by atoms with Crippen LogP contribution in [0.1, 0.15) is 26.2 Å². The van der Waals surface area contributed by atoms with Crippen molar-refractivity contribution in [1.82, 2.24) is 10.2 Å². The normalized spacial score (nSPS) is 36.5. The Labute approximate surface area is 81.7 Å². The maximum atomic E-state index is 3.27. The molecule has 1 aliphatic carbocycles. The average Bonchev–Trinajstić information content (AvgIpc) is 2.61. The van der Waals surface area contributed by atoms with Gasteiger partial charge in [0, 0.05) is 25.7 Å². The smallest absolute Gasteiger partial charge is 0.0192 e. The molecule has 1 aliphatic heterocycles. The van der Waals surface area contributed by atoms with Crippen LogP contribution in [-0.4, -0.2) is 37.6 Å². The molecule has 0 radical (unpaired) electrons. The molecule has 76 valence electrons. The highest BCUT2D eigenvalue weighted by Crippen LogP contribution is 2.38. The van der Waals surface area contributed by atoms with Gasteiger partial charge in [-0.3, -0.25) is 4.90 Å². The van der Waals surface area contributed by atoms with Crippen molar-refractivity contribution >= 4 is 0 Å². The molecule has 2 fully saturated rings. The van der Waals surface area contributed by atoms with Crippen molar-refractivity contribution in [3.8, 4) is 0 Å². The molecule has 1 saturated heterocycles. The molecule has 0 amide bonds. The first-order valence-electron chi connectivity index (χ1n) is 5.70. The fraction of sp³-hybridized carbons (Fsp3) is 1.00. The Bertz CT molecular complexity index is 157. The van der Waals surface area contributed by atoms with Gasteiger partial charge in [0.1, 0.15) is 0 Å². The van der Waals surface area contributed by atoms with Gasteiger partial charge in [0.05, 0.1) is 0 Å². The summed E-state index contributed by atoms with van der Waals surface area (Å²) in [6.07, 6.45) is 4.48. The average molecular weight is 182 g/mol. The van der Waals surface area contributed by atoms with Gasteiger partial charge in [-0.25, -0.2) is 0 Å². The molecule has 2 nitrogen and oxygen atoms in total. The molecule has 1 saturated carbocycles. The topological polar surface area (TPSA) is 15.3 Å². The van der Waals surface area contributed by atoms with Crippen molar-refractivity contribution in [2.75, 3.05) is 26.7 Å². The van der Waals surface area contributed by atoms with E-state index in [0.29, 0.717) is 0 Å². The van der Waals surface area contributed by atoms with Gasteiger partial charge in [-0.15, -0.1) is 0 Å². The number of nitrogens with zero attached hydrogens (tertiary/aromatic N) is 1. The molecule has 3 unspecified atom stereocenters. The molecule has 3 atom stereocenters. The number of hydrogen-bond donors (Lipinski definition) is 1. The van der Waals surface area contributed by atoms with E-state index in [9.17, 15) is 0 Å². The van der Waals surface area contributed by atoms with Gasteiger partial charge in [0.15, 0.2) is 0 Å².